The SMILES string of the molecule is Cc1ccccc1C(=O)C(OC(C)C)c1ccccc1. The molecule has 1 unspecified atom stereocenters. The summed E-state index contributed by atoms with van der Waals surface area (Å²) in [6, 6.07) is 17.3. The van der Waals surface area contributed by atoms with Gasteiger partial charge in [0.1, 0.15) is 6.10 Å². The molecule has 2 aromatic rings. The number of ketones is 1. The van der Waals surface area contributed by atoms with Crippen LogP contribution in [0.1, 0.15) is 41.4 Å². The third-order valence-electron chi connectivity index (χ3n) is 3.16. The fourth-order valence-corrected chi connectivity index (χ4v) is 2.18. The van der Waals surface area contributed by atoms with Crippen LogP contribution >= 0.6 is 0 Å². The molecule has 0 amide bonds. The monoisotopic (exact) mass is 268 g/mol. The van der Waals surface area contributed by atoms with Gasteiger partial charge in [0.05, 0.1) is 6.10 Å². The van der Waals surface area contributed by atoms with Crippen LogP contribution < -0.4 is 0 Å². The first-order valence-corrected chi connectivity index (χ1v) is 6.90. The summed E-state index contributed by atoms with van der Waals surface area (Å²) in [4.78, 5) is 12.8. The molecule has 2 nitrogen and oxygen atoms in total. The van der Waals surface area contributed by atoms with Gasteiger partial charge in [0.2, 0.25) is 0 Å². The maximum atomic E-state index is 12.8. The second kappa shape index (κ2) is 6.49. The van der Waals surface area contributed by atoms with E-state index in [9.17, 15) is 4.79 Å². The largest absolute Gasteiger partial charge is 0.363 e. The molecule has 20 heavy (non-hydrogen) atoms. The Bertz CT molecular complexity index is 573. The smallest absolute Gasteiger partial charge is 0.196 e. The molecule has 0 spiro atoms. The van der Waals surface area contributed by atoms with E-state index in [1.54, 1.807) is 0 Å². The van der Waals surface area contributed by atoms with Gasteiger partial charge in [-0.05, 0) is 31.9 Å². The van der Waals surface area contributed by atoms with Gasteiger partial charge in [-0.15, -0.1) is 0 Å². The number of carbonyl (C=O) groups is 1. The molecule has 1 atom stereocenters. The fraction of sp³-hybridized carbons (Fsp3) is 0.278. The van der Waals surface area contributed by atoms with Gasteiger partial charge in [-0.25, -0.2) is 0 Å². The molecule has 0 aliphatic carbocycles. The van der Waals surface area contributed by atoms with E-state index in [-0.39, 0.29) is 11.9 Å². The van der Waals surface area contributed by atoms with Crippen molar-refractivity contribution in [3.8, 4) is 0 Å². The van der Waals surface area contributed by atoms with Crippen molar-refractivity contribution in [3.05, 3.63) is 71.3 Å². The summed E-state index contributed by atoms with van der Waals surface area (Å²) in [5, 5.41) is 0. The van der Waals surface area contributed by atoms with Crippen LogP contribution in [0.25, 0.3) is 0 Å². The Kier molecular flexibility index (Phi) is 4.70. The minimum absolute atomic E-state index is 0.00632. The molecule has 2 rings (SSSR count). The number of benzene rings is 2. The first-order chi connectivity index (χ1) is 9.59. The van der Waals surface area contributed by atoms with Gasteiger partial charge in [0, 0.05) is 5.56 Å². The van der Waals surface area contributed by atoms with E-state index < -0.39 is 6.10 Å². The van der Waals surface area contributed by atoms with Crippen molar-refractivity contribution in [2.45, 2.75) is 33.0 Å². The standard InChI is InChI=1S/C18H20O2/c1-13(2)20-18(15-10-5-4-6-11-15)17(19)16-12-8-7-9-14(16)3/h4-13,18H,1-3H3. The second-order valence-electron chi connectivity index (χ2n) is 5.15. The van der Waals surface area contributed by atoms with Crippen molar-refractivity contribution in [2.75, 3.05) is 0 Å². The first kappa shape index (κ1) is 14.5. The van der Waals surface area contributed by atoms with Crippen molar-refractivity contribution in [2.24, 2.45) is 0 Å². The van der Waals surface area contributed by atoms with E-state index in [2.05, 4.69) is 0 Å². The third-order valence-corrected chi connectivity index (χ3v) is 3.16. The van der Waals surface area contributed by atoms with E-state index in [0.717, 1.165) is 16.7 Å². The molecule has 0 N–H and O–H groups in total. The molecular formula is C18H20O2. The molecule has 0 aromatic heterocycles. The molecule has 0 saturated carbocycles. The molecule has 2 aromatic carbocycles. The fourth-order valence-electron chi connectivity index (χ4n) is 2.18. The molecule has 0 aliphatic rings. The van der Waals surface area contributed by atoms with Gasteiger partial charge < -0.3 is 4.74 Å². The van der Waals surface area contributed by atoms with Crippen LogP contribution in [0.4, 0.5) is 0 Å². The Labute approximate surface area is 120 Å². The van der Waals surface area contributed by atoms with Crippen LogP contribution in [0.15, 0.2) is 54.6 Å². The van der Waals surface area contributed by atoms with Crippen molar-refractivity contribution in [1.82, 2.24) is 0 Å². The molecule has 0 heterocycles. The predicted molar refractivity (Wildman–Crippen MR) is 80.9 cm³/mol. The summed E-state index contributed by atoms with van der Waals surface area (Å²) in [5.41, 5.74) is 2.60. The Hall–Kier alpha value is -1.93. The number of hydrogen-bond donors (Lipinski definition) is 0. The summed E-state index contributed by atoms with van der Waals surface area (Å²) < 4.78 is 5.86. The van der Waals surface area contributed by atoms with Gasteiger partial charge in [0.25, 0.3) is 0 Å². The summed E-state index contributed by atoms with van der Waals surface area (Å²) >= 11 is 0. The van der Waals surface area contributed by atoms with E-state index >= 15 is 0 Å². The Morgan fingerprint density at radius 2 is 1.55 bits per heavy atom. The maximum Gasteiger partial charge on any atom is 0.196 e. The van der Waals surface area contributed by atoms with Crippen molar-refractivity contribution in [1.29, 1.82) is 0 Å². The average molecular weight is 268 g/mol. The number of carbonyl (C=O) groups excluding carboxylic acids is 1. The lowest BCUT2D eigenvalue weighted by molar-refractivity contribution is 0.0113. The van der Waals surface area contributed by atoms with E-state index in [0.29, 0.717) is 0 Å². The van der Waals surface area contributed by atoms with Crippen molar-refractivity contribution < 1.29 is 9.53 Å². The molecule has 0 radical (unpaired) electrons. The van der Waals surface area contributed by atoms with Crippen LogP contribution in [0, 0.1) is 6.92 Å². The number of ether oxygens (including phenoxy) is 1. The molecule has 0 aliphatic heterocycles. The predicted octanol–water partition coefficient (Wildman–Crippen LogP) is 4.34. The van der Waals surface area contributed by atoms with Crippen LogP contribution in [0.2, 0.25) is 0 Å². The van der Waals surface area contributed by atoms with Gasteiger partial charge in [0.15, 0.2) is 5.78 Å². The quantitative estimate of drug-likeness (QED) is 0.754. The van der Waals surface area contributed by atoms with E-state index in [1.807, 2.05) is 75.4 Å². The molecular weight excluding hydrogens is 248 g/mol. The second-order valence-corrected chi connectivity index (χ2v) is 5.15. The average Bonchev–Trinajstić information content (AvgIpc) is 2.45. The summed E-state index contributed by atoms with van der Waals surface area (Å²) in [6.45, 7) is 5.84. The normalized spacial score (nSPS) is 12.4. The minimum atomic E-state index is -0.544. The Morgan fingerprint density at radius 3 is 2.15 bits per heavy atom. The van der Waals surface area contributed by atoms with Gasteiger partial charge in [-0.2, -0.15) is 0 Å². The number of rotatable bonds is 5. The lowest BCUT2D eigenvalue weighted by atomic mass is 9.96. The number of aryl methyl sites for hydroxylation is 1. The zero-order valence-electron chi connectivity index (χ0n) is 12.2. The topological polar surface area (TPSA) is 26.3 Å². The molecule has 104 valence electrons. The summed E-state index contributed by atoms with van der Waals surface area (Å²) in [5.74, 6) is 0.0167. The molecule has 0 fully saturated rings. The highest BCUT2D eigenvalue weighted by atomic mass is 16.5. The lowest BCUT2D eigenvalue weighted by Crippen LogP contribution is -2.20. The highest BCUT2D eigenvalue weighted by molar-refractivity contribution is 6.01. The minimum Gasteiger partial charge on any atom is -0.363 e. The molecule has 2 heteroatoms. The molecule has 0 saturated heterocycles. The highest BCUT2D eigenvalue weighted by Crippen LogP contribution is 2.25. The van der Waals surface area contributed by atoms with Gasteiger partial charge >= 0.3 is 0 Å². The van der Waals surface area contributed by atoms with Crippen LogP contribution in [0.5, 0.6) is 0 Å². The summed E-state index contributed by atoms with van der Waals surface area (Å²) in [6.07, 6.45) is -0.550. The zero-order chi connectivity index (χ0) is 14.5. The van der Waals surface area contributed by atoms with Crippen LogP contribution in [-0.2, 0) is 4.74 Å². The van der Waals surface area contributed by atoms with E-state index in [4.69, 9.17) is 4.74 Å². The van der Waals surface area contributed by atoms with Gasteiger partial charge in [-0.1, -0.05) is 54.6 Å². The number of Topliss-reactive ketones (excluding diaryl/α,β-unsaturated/α-hetero) is 1. The van der Waals surface area contributed by atoms with E-state index in [1.165, 1.54) is 0 Å². The van der Waals surface area contributed by atoms with Crippen LogP contribution in [0.3, 0.4) is 0 Å². The Balaban J connectivity index is 2.37. The first-order valence-electron chi connectivity index (χ1n) is 6.90. The lowest BCUT2D eigenvalue weighted by Gasteiger charge is -2.20. The van der Waals surface area contributed by atoms with Gasteiger partial charge in [-0.3, -0.25) is 4.79 Å². The van der Waals surface area contributed by atoms with Crippen LogP contribution in [-0.4, -0.2) is 11.9 Å². The maximum absolute atomic E-state index is 12.8. The third kappa shape index (κ3) is 3.34. The van der Waals surface area contributed by atoms with Crippen molar-refractivity contribution in [3.63, 3.8) is 0 Å². The molecule has 0 bridgehead atoms. The summed E-state index contributed by atoms with van der Waals surface area (Å²) in [7, 11) is 0. The zero-order valence-corrected chi connectivity index (χ0v) is 12.2. The van der Waals surface area contributed by atoms with Crippen molar-refractivity contribution >= 4 is 5.78 Å². The Morgan fingerprint density at radius 1 is 0.950 bits per heavy atom. The number of hydrogen-bond acceptors (Lipinski definition) is 2. The highest BCUT2D eigenvalue weighted by Gasteiger charge is 2.24.